The summed E-state index contributed by atoms with van der Waals surface area (Å²) in [6, 6.07) is 8.33. The zero-order valence-corrected chi connectivity index (χ0v) is 15.9. The maximum absolute atomic E-state index is 6.11. The van der Waals surface area contributed by atoms with Gasteiger partial charge in [0.1, 0.15) is 11.0 Å². The first-order chi connectivity index (χ1) is 12.2. The molecule has 1 aliphatic carbocycles. The van der Waals surface area contributed by atoms with Crippen LogP contribution in [0, 0.1) is 12.8 Å². The number of thiophene rings is 1. The average Bonchev–Trinajstić information content (AvgIpc) is 2.97. The van der Waals surface area contributed by atoms with Crippen LogP contribution in [-0.2, 0) is 0 Å². The molecule has 25 heavy (non-hydrogen) atoms. The lowest BCUT2D eigenvalue weighted by Gasteiger charge is -2.31. The van der Waals surface area contributed by atoms with Crippen LogP contribution in [0.2, 0.25) is 5.15 Å². The van der Waals surface area contributed by atoms with Crippen molar-refractivity contribution in [3.8, 4) is 0 Å². The number of rotatable bonds is 4. The van der Waals surface area contributed by atoms with Gasteiger partial charge >= 0.3 is 0 Å². The fraction of sp³-hybridized carbons (Fsp3) is 0.400. The van der Waals surface area contributed by atoms with Crippen molar-refractivity contribution in [3.63, 3.8) is 0 Å². The number of aryl methyl sites for hydroxylation is 1. The molecule has 1 atom stereocenters. The third kappa shape index (κ3) is 3.51. The summed E-state index contributed by atoms with van der Waals surface area (Å²) in [7, 11) is 0. The highest BCUT2D eigenvalue weighted by Gasteiger charge is 2.28. The first-order valence-electron chi connectivity index (χ1n) is 8.94. The summed E-state index contributed by atoms with van der Waals surface area (Å²) in [5.74, 6) is 1.59. The number of halogens is 1. The Hall–Kier alpha value is -1.65. The predicted octanol–water partition coefficient (Wildman–Crippen LogP) is 6.39. The molecule has 3 nitrogen and oxygen atoms in total. The second kappa shape index (κ2) is 7.30. The minimum atomic E-state index is 0.298. The maximum Gasteiger partial charge on any atom is 0.130 e. The van der Waals surface area contributed by atoms with Crippen LogP contribution < -0.4 is 5.32 Å². The lowest BCUT2D eigenvalue weighted by atomic mass is 9.82. The number of aromatic nitrogens is 2. The van der Waals surface area contributed by atoms with Gasteiger partial charge in [-0.15, -0.1) is 11.3 Å². The average molecular weight is 372 g/mol. The van der Waals surface area contributed by atoms with Gasteiger partial charge < -0.3 is 5.32 Å². The molecule has 1 saturated carbocycles. The van der Waals surface area contributed by atoms with Crippen molar-refractivity contribution in [2.75, 3.05) is 5.32 Å². The molecule has 0 aromatic carbocycles. The van der Waals surface area contributed by atoms with Crippen LogP contribution in [0.25, 0.3) is 10.1 Å². The number of pyridine rings is 2. The molecule has 3 aromatic heterocycles. The summed E-state index contributed by atoms with van der Waals surface area (Å²) in [4.78, 5) is 10.2. The molecule has 0 saturated heterocycles. The Bertz CT molecular complexity index is 856. The monoisotopic (exact) mass is 371 g/mol. The molecule has 1 aliphatic rings. The number of fused-ring (bicyclic) bond motifs is 1. The summed E-state index contributed by atoms with van der Waals surface area (Å²) < 4.78 is 1.22. The van der Waals surface area contributed by atoms with Crippen molar-refractivity contribution in [2.45, 2.75) is 45.1 Å². The molecule has 5 heteroatoms. The Morgan fingerprint density at radius 2 is 2.04 bits per heavy atom. The SMILES string of the molecule is Cc1c(C(Nc2ccccn2)C2CCCCC2)sc2cc(Cl)ncc12. The summed E-state index contributed by atoms with van der Waals surface area (Å²) >= 11 is 7.95. The maximum atomic E-state index is 6.11. The van der Waals surface area contributed by atoms with Gasteiger partial charge in [-0.05, 0) is 49.4 Å². The van der Waals surface area contributed by atoms with Crippen molar-refractivity contribution in [1.29, 1.82) is 0 Å². The van der Waals surface area contributed by atoms with Crippen LogP contribution in [0.5, 0.6) is 0 Å². The van der Waals surface area contributed by atoms with Gasteiger partial charge in [0.25, 0.3) is 0 Å². The minimum Gasteiger partial charge on any atom is -0.362 e. The van der Waals surface area contributed by atoms with Crippen molar-refractivity contribution in [1.82, 2.24) is 9.97 Å². The molecule has 0 spiro atoms. The van der Waals surface area contributed by atoms with E-state index < -0.39 is 0 Å². The lowest BCUT2D eigenvalue weighted by Crippen LogP contribution is -2.23. The van der Waals surface area contributed by atoms with Gasteiger partial charge in [0.05, 0.1) is 6.04 Å². The van der Waals surface area contributed by atoms with Gasteiger partial charge in [0.15, 0.2) is 0 Å². The van der Waals surface area contributed by atoms with E-state index >= 15 is 0 Å². The fourth-order valence-electron chi connectivity index (χ4n) is 3.88. The van der Waals surface area contributed by atoms with Crippen molar-refractivity contribution >= 4 is 38.8 Å². The van der Waals surface area contributed by atoms with Gasteiger partial charge in [-0.2, -0.15) is 0 Å². The lowest BCUT2D eigenvalue weighted by molar-refractivity contribution is 0.322. The molecule has 0 aliphatic heterocycles. The van der Waals surface area contributed by atoms with Crippen molar-refractivity contribution in [2.24, 2.45) is 5.92 Å². The first-order valence-corrected chi connectivity index (χ1v) is 10.1. The van der Waals surface area contributed by atoms with Crippen LogP contribution in [0.4, 0.5) is 5.82 Å². The summed E-state index contributed by atoms with van der Waals surface area (Å²) in [5.41, 5.74) is 1.32. The Kier molecular flexibility index (Phi) is 4.91. The Labute approximate surface area is 157 Å². The molecule has 0 bridgehead atoms. The van der Waals surface area contributed by atoms with Crippen LogP contribution in [-0.4, -0.2) is 9.97 Å². The Morgan fingerprint density at radius 1 is 1.20 bits per heavy atom. The van der Waals surface area contributed by atoms with E-state index in [1.807, 2.05) is 41.9 Å². The Morgan fingerprint density at radius 3 is 2.80 bits per heavy atom. The first kappa shape index (κ1) is 16.8. The van der Waals surface area contributed by atoms with E-state index in [1.54, 1.807) is 0 Å². The van der Waals surface area contributed by atoms with E-state index in [0.717, 1.165) is 5.82 Å². The van der Waals surface area contributed by atoms with Gasteiger partial charge in [-0.25, -0.2) is 9.97 Å². The zero-order chi connectivity index (χ0) is 17.2. The molecule has 3 heterocycles. The summed E-state index contributed by atoms with van der Waals surface area (Å²) in [6.07, 6.45) is 10.3. The van der Waals surface area contributed by atoms with Crippen molar-refractivity contribution < 1.29 is 0 Å². The van der Waals surface area contributed by atoms with Gasteiger partial charge in [0.2, 0.25) is 0 Å². The quantitative estimate of drug-likeness (QED) is 0.540. The number of anilines is 1. The molecule has 0 amide bonds. The minimum absolute atomic E-state index is 0.298. The molecule has 3 aromatic rings. The largest absolute Gasteiger partial charge is 0.362 e. The summed E-state index contributed by atoms with van der Waals surface area (Å²) in [5, 5.41) is 5.51. The smallest absolute Gasteiger partial charge is 0.130 e. The third-order valence-corrected chi connectivity index (χ3v) is 6.74. The second-order valence-electron chi connectivity index (χ2n) is 6.83. The van der Waals surface area contributed by atoms with Gasteiger partial charge in [-0.1, -0.05) is 36.9 Å². The van der Waals surface area contributed by atoms with Crippen molar-refractivity contribution in [3.05, 3.63) is 52.3 Å². The van der Waals surface area contributed by atoms with Crippen LogP contribution in [0.15, 0.2) is 36.7 Å². The zero-order valence-electron chi connectivity index (χ0n) is 14.3. The number of hydrogen-bond donors (Lipinski definition) is 1. The molecular formula is C20H22ClN3S. The normalized spacial score (nSPS) is 16.9. The summed E-state index contributed by atoms with van der Waals surface area (Å²) in [6.45, 7) is 2.21. The van der Waals surface area contributed by atoms with Crippen LogP contribution in [0.3, 0.4) is 0 Å². The van der Waals surface area contributed by atoms with E-state index in [9.17, 15) is 0 Å². The van der Waals surface area contributed by atoms with Gasteiger partial charge in [-0.3, -0.25) is 0 Å². The molecule has 1 unspecified atom stereocenters. The third-order valence-electron chi connectivity index (χ3n) is 5.20. The number of hydrogen-bond acceptors (Lipinski definition) is 4. The molecule has 130 valence electrons. The van der Waals surface area contributed by atoms with E-state index in [0.29, 0.717) is 17.1 Å². The molecular weight excluding hydrogens is 350 g/mol. The second-order valence-corrected chi connectivity index (χ2v) is 8.30. The van der Waals surface area contributed by atoms with E-state index in [2.05, 4.69) is 28.3 Å². The van der Waals surface area contributed by atoms with Crippen LogP contribution >= 0.6 is 22.9 Å². The number of nitrogens with one attached hydrogen (secondary N) is 1. The molecule has 1 N–H and O–H groups in total. The standard InChI is InChI=1S/C20H22ClN3S/c1-13-15-12-23-17(21)11-16(15)25-20(13)19(14-7-3-2-4-8-14)24-18-9-5-6-10-22-18/h5-6,9-12,14,19H,2-4,7-8H2,1H3,(H,22,24). The highest BCUT2D eigenvalue weighted by Crippen LogP contribution is 2.43. The Balaban J connectivity index is 1.75. The van der Waals surface area contributed by atoms with E-state index in [-0.39, 0.29) is 0 Å². The predicted molar refractivity (Wildman–Crippen MR) is 107 cm³/mol. The highest BCUT2D eigenvalue weighted by molar-refractivity contribution is 7.19. The number of nitrogens with zero attached hydrogens (tertiary/aromatic N) is 2. The highest BCUT2D eigenvalue weighted by atomic mass is 35.5. The topological polar surface area (TPSA) is 37.8 Å². The van der Waals surface area contributed by atoms with E-state index in [1.165, 1.54) is 52.6 Å². The van der Waals surface area contributed by atoms with E-state index in [4.69, 9.17) is 11.6 Å². The van der Waals surface area contributed by atoms with Crippen LogP contribution in [0.1, 0.15) is 48.6 Å². The van der Waals surface area contributed by atoms with Gasteiger partial charge in [0, 0.05) is 27.4 Å². The fourth-order valence-corrected chi connectivity index (χ4v) is 5.46. The molecule has 1 fully saturated rings. The molecule has 0 radical (unpaired) electrons. The molecule has 4 rings (SSSR count).